The van der Waals surface area contributed by atoms with Crippen molar-refractivity contribution in [3.05, 3.63) is 0 Å². The van der Waals surface area contributed by atoms with E-state index >= 15 is 0 Å². The second-order valence-corrected chi connectivity index (χ2v) is 8.22. The van der Waals surface area contributed by atoms with Crippen LogP contribution < -0.4 is 5.32 Å². The maximum atomic E-state index is 13.0. The van der Waals surface area contributed by atoms with Crippen molar-refractivity contribution in [3.63, 3.8) is 0 Å². The highest BCUT2D eigenvalue weighted by Crippen LogP contribution is 2.35. The molecule has 2 fully saturated rings. The number of hydrogen-bond acceptors (Lipinski definition) is 3. The SMILES string of the molecule is CCNC1CC(C)CC(C)C1S(=O)C1CCOC1C. The van der Waals surface area contributed by atoms with Crippen LogP contribution in [0.1, 0.15) is 47.0 Å². The third-order valence-electron chi connectivity index (χ3n) is 4.73. The van der Waals surface area contributed by atoms with Crippen molar-refractivity contribution in [1.29, 1.82) is 0 Å². The third-order valence-corrected chi connectivity index (χ3v) is 7.27. The number of rotatable bonds is 4. The molecule has 1 aliphatic carbocycles. The quantitative estimate of drug-likeness (QED) is 0.862. The molecule has 1 N–H and O–H groups in total. The molecule has 1 aliphatic heterocycles. The van der Waals surface area contributed by atoms with Crippen LogP contribution in [0, 0.1) is 11.8 Å². The van der Waals surface area contributed by atoms with Crippen molar-refractivity contribution in [1.82, 2.24) is 5.32 Å². The smallest absolute Gasteiger partial charge is 0.0691 e. The van der Waals surface area contributed by atoms with Crippen LogP contribution in [0.25, 0.3) is 0 Å². The van der Waals surface area contributed by atoms with Gasteiger partial charge in [0.15, 0.2) is 0 Å². The Morgan fingerprint density at radius 2 is 2.00 bits per heavy atom. The summed E-state index contributed by atoms with van der Waals surface area (Å²) < 4.78 is 18.6. The molecule has 0 amide bonds. The van der Waals surface area contributed by atoms with Gasteiger partial charge in [-0.1, -0.05) is 20.8 Å². The summed E-state index contributed by atoms with van der Waals surface area (Å²) in [4.78, 5) is 0. The molecule has 0 aromatic rings. The first-order valence-electron chi connectivity index (χ1n) is 7.79. The maximum absolute atomic E-state index is 13.0. The Labute approximate surface area is 120 Å². The number of hydrogen-bond donors (Lipinski definition) is 1. The molecule has 4 heteroatoms. The maximum Gasteiger partial charge on any atom is 0.0691 e. The summed E-state index contributed by atoms with van der Waals surface area (Å²) in [6, 6.07) is 0.414. The Morgan fingerprint density at radius 3 is 2.58 bits per heavy atom. The summed E-state index contributed by atoms with van der Waals surface area (Å²) in [6.07, 6.45) is 3.50. The molecule has 7 unspecified atom stereocenters. The Bertz CT molecular complexity index is 323. The van der Waals surface area contributed by atoms with Crippen LogP contribution in [0.3, 0.4) is 0 Å². The zero-order chi connectivity index (χ0) is 14.0. The summed E-state index contributed by atoms with van der Waals surface area (Å²) in [7, 11) is -0.776. The predicted octanol–water partition coefficient (Wildman–Crippen LogP) is 2.33. The van der Waals surface area contributed by atoms with Gasteiger partial charge < -0.3 is 10.1 Å². The van der Waals surface area contributed by atoms with E-state index in [1.807, 2.05) is 0 Å². The molecule has 7 atom stereocenters. The minimum atomic E-state index is -0.776. The van der Waals surface area contributed by atoms with E-state index in [4.69, 9.17) is 4.74 Å². The van der Waals surface area contributed by atoms with Gasteiger partial charge in [0.25, 0.3) is 0 Å². The van der Waals surface area contributed by atoms with Crippen LogP contribution in [0.5, 0.6) is 0 Å². The lowest BCUT2D eigenvalue weighted by Gasteiger charge is -2.40. The zero-order valence-electron chi connectivity index (χ0n) is 12.7. The van der Waals surface area contributed by atoms with E-state index in [1.54, 1.807) is 0 Å². The van der Waals surface area contributed by atoms with Crippen molar-refractivity contribution >= 4 is 10.8 Å². The third kappa shape index (κ3) is 3.40. The van der Waals surface area contributed by atoms with Crippen molar-refractivity contribution in [2.45, 2.75) is 69.6 Å². The number of ether oxygens (including phenoxy) is 1. The highest BCUT2D eigenvalue weighted by molar-refractivity contribution is 7.86. The van der Waals surface area contributed by atoms with Crippen LogP contribution in [0.2, 0.25) is 0 Å². The second kappa shape index (κ2) is 6.68. The van der Waals surface area contributed by atoms with Gasteiger partial charge in [-0.25, -0.2) is 0 Å². The zero-order valence-corrected chi connectivity index (χ0v) is 13.5. The highest BCUT2D eigenvalue weighted by Gasteiger charge is 2.42. The second-order valence-electron chi connectivity index (χ2n) is 6.41. The minimum absolute atomic E-state index is 0.162. The van der Waals surface area contributed by atoms with E-state index in [-0.39, 0.29) is 11.4 Å². The molecule has 1 heterocycles. The lowest BCUT2D eigenvalue weighted by atomic mass is 9.80. The Morgan fingerprint density at radius 1 is 1.26 bits per heavy atom. The van der Waals surface area contributed by atoms with Crippen molar-refractivity contribution < 1.29 is 8.95 Å². The molecule has 0 radical (unpaired) electrons. The monoisotopic (exact) mass is 287 g/mol. The summed E-state index contributed by atoms with van der Waals surface area (Å²) in [5.74, 6) is 1.28. The van der Waals surface area contributed by atoms with Gasteiger partial charge in [-0.3, -0.25) is 4.21 Å². The molecular formula is C15H29NO2S. The molecule has 1 saturated heterocycles. The van der Waals surface area contributed by atoms with Gasteiger partial charge in [-0.15, -0.1) is 0 Å². The average molecular weight is 287 g/mol. The molecule has 0 aromatic carbocycles. The summed E-state index contributed by atoms with van der Waals surface area (Å²) in [5.41, 5.74) is 0. The Kier molecular flexibility index (Phi) is 5.44. The molecule has 2 aliphatic rings. The molecule has 2 rings (SSSR count). The van der Waals surface area contributed by atoms with Gasteiger partial charge in [0.05, 0.1) is 16.6 Å². The first-order chi connectivity index (χ1) is 9.04. The Hall–Kier alpha value is 0.0700. The van der Waals surface area contributed by atoms with Gasteiger partial charge >= 0.3 is 0 Å². The summed E-state index contributed by atoms with van der Waals surface area (Å²) >= 11 is 0. The van der Waals surface area contributed by atoms with E-state index in [0.717, 1.165) is 31.9 Å². The average Bonchev–Trinajstić information content (AvgIpc) is 2.74. The van der Waals surface area contributed by atoms with Crippen LogP contribution >= 0.6 is 0 Å². The van der Waals surface area contributed by atoms with Gasteiger partial charge in [0.1, 0.15) is 0 Å². The molecule has 0 spiro atoms. The van der Waals surface area contributed by atoms with E-state index in [9.17, 15) is 4.21 Å². The van der Waals surface area contributed by atoms with Crippen molar-refractivity contribution in [2.75, 3.05) is 13.2 Å². The van der Waals surface area contributed by atoms with Crippen LogP contribution in [-0.2, 0) is 15.5 Å². The molecule has 1 saturated carbocycles. The highest BCUT2D eigenvalue weighted by atomic mass is 32.2. The predicted molar refractivity (Wildman–Crippen MR) is 80.8 cm³/mol. The molecule has 112 valence electrons. The summed E-state index contributed by atoms with van der Waals surface area (Å²) in [6.45, 7) is 10.6. The fourth-order valence-corrected chi connectivity index (χ4v) is 6.19. The first kappa shape index (κ1) is 15.5. The van der Waals surface area contributed by atoms with Gasteiger partial charge in [0, 0.05) is 23.4 Å². The molecular weight excluding hydrogens is 258 g/mol. The lowest BCUT2D eigenvalue weighted by Crippen LogP contribution is -2.52. The van der Waals surface area contributed by atoms with Crippen LogP contribution in [0.15, 0.2) is 0 Å². The van der Waals surface area contributed by atoms with Gasteiger partial charge in [-0.2, -0.15) is 0 Å². The van der Waals surface area contributed by atoms with Gasteiger partial charge in [0.2, 0.25) is 0 Å². The Balaban J connectivity index is 2.11. The standard InChI is InChI=1S/C15H29NO2S/c1-5-16-13-9-10(2)8-11(3)15(13)19(17)14-6-7-18-12(14)4/h10-16H,5-9H2,1-4H3. The van der Waals surface area contributed by atoms with Crippen molar-refractivity contribution in [3.8, 4) is 0 Å². The fourth-order valence-electron chi connectivity index (χ4n) is 3.90. The normalized spacial score (nSPS) is 45.3. The van der Waals surface area contributed by atoms with Gasteiger partial charge in [-0.05, 0) is 44.6 Å². The van der Waals surface area contributed by atoms with E-state index in [0.29, 0.717) is 17.2 Å². The molecule has 0 aromatic heterocycles. The van der Waals surface area contributed by atoms with Crippen LogP contribution in [0.4, 0.5) is 0 Å². The van der Waals surface area contributed by atoms with Crippen LogP contribution in [-0.4, -0.2) is 40.0 Å². The fraction of sp³-hybridized carbons (Fsp3) is 1.00. The number of nitrogens with one attached hydrogen (secondary N) is 1. The van der Waals surface area contributed by atoms with E-state index in [2.05, 4.69) is 33.0 Å². The summed E-state index contributed by atoms with van der Waals surface area (Å²) in [5, 5.41) is 4.12. The molecule has 3 nitrogen and oxygen atoms in total. The lowest BCUT2D eigenvalue weighted by molar-refractivity contribution is 0.126. The topological polar surface area (TPSA) is 38.3 Å². The molecule has 0 bridgehead atoms. The van der Waals surface area contributed by atoms with E-state index in [1.165, 1.54) is 6.42 Å². The van der Waals surface area contributed by atoms with Crippen molar-refractivity contribution in [2.24, 2.45) is 11.8 Å². The molecule has 19 heavy (non-hydrogen) atoms. The minimum Gasteiger partial charge on any atom is -0.377 e. The first-order valence-corrected chi connectivity index (χ1v) is 9.06. The largest absolute Gasteiger partial charge is 0.377 e. The van der Waals surface area contributed by atoms with E-state index < -0.39 is 10.8 Å².